The van der Waals surface area contributed by atoms with E-state index in [0.717, 1.165) is 25.1 Å². The quantitative estimate of drug-likeness (QED) is 0.857. The largest absolute Gasteiger partial charge is 0.394 e. The number of halogens is 1. The molecule has 19 heavy (non-hydrogen) atoms. The molecular weight excluding hydrogens is 243 g/mol. The van der Waals surface area contributed by atoms with E-state index >= 15 is 0 Å². The second-order valence-corrected chi connectivity index (χ2v) is 5.24. The molecule has 1 fully saturated rings. The SMILES string of the molecule is CCNCc1cccc(F)c1N1CCC(C)C1CO. The molecule has 1 heterocycles. The third kappa shape index (κ3) is 2.90. The zero-order valence-corrected chi connectivity index (χ0v) is 11.7. The predicted octanol–water partition coefficient (Wildman–Crippen LogP) is 2.14. The van der Waals surface area contributed by atoms with Crippen molar-refractivity contribution >= 4 is 5.69 Å². The first kappa shape index (κ1) is 14.3. The monoisotopic (exact) mass is 266 g/mol. The number of rotatable bonds is 5. The fraction of sp³-hybridized carbons (Fsp3) is 0.600. The molecule has 0 saturated carbocycles. The van der Waals surface area contributed by atoms with Crippen LogP contribution in [0, 0.1) is 11.7 Å². The van der Waals surface area contributed by atoms with E-state index in [0.29, 0.717) is 18.2 Å². The first-order chi connectivity index (χ1) is 9.19. The number of anilines is 1. The van der Waals surface area contributed by atoms with Crippen LogP contribution in [0.25, 0.3) is 0 Å². The molecular formula is C15H23FN2O. The van der Waals surface area contributed by atoms with Gasteiger partial charge in [-0.1, -0.05) is 26.0 Å². The molecule has 0 amide bonds. The minimum atomic E-state index is -0.192. The lowest BCUT2D eigenvalue weighted by atomic mass is 10.0. The van der Waals surface area contributed by atoms with Crippen LogP contribution in [0.2, 0.25) is 0 Å². The number of aliphatic hydroxyl groups is 1. The highest BCUT2D eigenvalue weighted by atomic mass is 19.1. The number of hydrogen-bond acceptors (Lipinski definition) is 3. The summed E-state index contributed by atoms with van der Waals surface area (Å²) in [6.07, 6.45) is 1.00. The Morgan fingerprint density at radius 3 is 2.95 bits per heavy atom. The number of hydrogen-bond donors (Lipinski definition) is 2. The highest BCUT2D eigenvalue weighted by Gasteiger charge is 2.33. The number of nitrogens with one attached hydrogen (secondary N) is 1. The van der Waals surface area contributed by atoms with Crippen molar-refractivity contribution in [1.82, 2.24) is 5.32 Å². The number of benzene rings is 1. The van der Waals surface area contributed by atoms with Gasteiger partial charge in [0.2, 0.25) is 0 Å². The summed E-state index contributed by atoms with van der Waals surface area (Å²) in [5, 5.41) is 12.8. The van der Waals surface area contributed by atoms with Gasteiger partial charge >= 0.3 is 0 Å². The van der Waals surface area contributed by atoms with Crippen LogP contribution < -0.4 is 10.2 Å². The van der Waals surface area contributed by atoms with Gasteiger partial charge < -0.3 is 15.3 Å². The summed E-state index contributed by atoms with van der Waals surface area (Å²) in [5.74, 6) is 0.208. The summed E-state index contributed by atoms with van der Waals surface area (Å²) in [6.45, 7) is 6.56. The van der Waals surface area contributed by atoms with Gasteiger partial charge in [0, 0.05) is 13.1 Å². The zero-order chi connectivity index (χ0) is 13.8. The summed E-state index contributed by atoms with van der Waals surface area (Å²) in [7, 11) is 0. The molecule has 2 atom stereocenters. The molecule has 106 valence electrons. The average molecular weight is 266 g/mol. The average Bonchev–Trinajstić information content (AvgIpc) is 2.77. The van der Waals surface area contributed by atoms with E-state index in [1.807, 2.05) is 17.9 Å². The van der Waals surface area contributed by atoms with Crippen molar-refractivity contribution in [3.63, 3.8) is 0 Å². The van der Waals surface area contributed by atoms with Crippen LogP contribution in [0.4, 0.5) is 10.1 Å². The van der Waals surface area contributed by atoms with E-state index < -0.39 is 0 Å². The zero-order valence-electron chi connectivity index (χ0n) is 11.7. The van der Waals surface area contributed by atoms with Gasteiger partial charge in [-0.2, -0.15) is 0 Å². The predicted molar refractivity (Wildman–Crippen MR) is 75.8 cm³/mol. The van der Waals surface area contributed by atoms with Gasteiger partial charge in [-0.15, -0.1) is 0 Å². The molecule has 1 saturated heterocycles. The second kappa shape index (κ2) is 6.35. The highest BCUT2D eigenvalue weighted by molar-refractivity contribution is 5.56. The summed E-state index contributed by atoms with van der Waals surface area (Å²) < 4.78 is 14.2. The van der Waals surface area contributed by atoms with Gasteiger partial charge in [-0.05, 0) is 30.5 Å². The lowest BCUT2D eigenvalue weighted by Gasteiger charge is -2.29. The van der Waals surface area contributed by atoms with E-state index in [-0.39, 0.29) is 18.5 Å². The van der Waals surface area contributed by atoms with Crippen molar-refractivity contribution in [2.75, 3.05) is 24.6 Å². The number of para-hydroxylation sites is 1. The standard InChI is InChI=1S/C15H23FN2O/c1-3-17-9-12-5-4-6-13(16)15(12)18-8-7-11(2)14(18)10-19/h4-6,11,14,17,19H,3,7-10H2,1-2H3. The van der Waals surface area contributed by atoms with Crippen molar-refractivity contribution in [2.45, 2.75) is 32.9 Å². The van der Waals surface area contributed by atoms with Gasteiger partial charge in [-0.3, -0.25) is 0 Å². The Labute approximate surface area is 114 Å². The van der Waals surface area contributed by atoms with Crippen molar-refractivity contribution in [1.29, 1.82) is 0 Å². The van der Waals surface area contributed by atoms with Gasteiger partial charge in [0.05, 0.1) is 18.3 Å². The van der Waals surface area contributed by atoms with Gasteiger partial charge in [0.15, 0.2) is 0 Å². The molecule has 0 spiro atoms. The van der Waals surface area contributed by atoms with E-state index in [2.05, 4.69) is 12.2 Å². The van der Waals surface area contributed by atoms with Crippen molar-refractivity contribution in [2.24, 2.45) is 5.92 Å². The number of aliphatic hydroxyl groups excluding tert-OH is 1. The second-order valence-electron chi connectivity index (χ2n) is 5.24. The molecule has 2 N–H and O–H groups in total. The van der Waals surface area contributed by atoms with Crippen LogP contribution in [0.1, 0.15) is 25.8 Å². The molecule has 4 heteroatoms. The number of nitrogens with zero attached hydrogens (tertiary/aromatic N) is 1. The van der Waals surface area contributed by atoms with Crippen LogP contribution in [-0.4, -0.2) is 30.8 Å². The minimum absolute atomic E-state index is 0.0253. The molecule has 0 aromatic heterocycles. The van der Waals surface area contributed by atoms with Gasteiger partial charge in [-0.25, -0.2) is 4.39 Å². The Kier molecular flexibility index (Phi) is 4.77. The van der Waals surface area contributed by atoms with Crippen LogP contribution in [0.3, 0.4) is 0 Å². The fourth-order valence-corrected chi connectivity index (χ4v) is 2.85. The first-order valence-electron chi connectivity index (χ1n) is 7.04. The van der Waals surface area contributed by atoms with Gasteiger partial charge in [0.25, 0.3) is 0 Å². The Hall–Kier alpha value is -1.13. The Morgan fingerprint density at radius 1 is 1.47 bits per heavy atom. The maximum Gasteiger partial charge on any atom is 0.146 e. The fourth-order valence-electron chi connectivity index (χ4n) is 2.85. The molecule has 3 nitrogen and oxygen atoms in total. The van der Waals surface area contributed by atoms with Crippen LogP contribution in [0.15, 0.2) is 18.2 Å². The molecule has 0 radical (unpaired) electrons. The maximum absolute atomic E-state index is 14.2. The third-order valence-corrected chi connectivity index (χ3v) is 3.99. The molecule has 2 unspecified atom stereocenters. The Balaban J connectivity index is 2.32. The summed E-state index contributed by atoms with van der Waals surface area (Å²) in [5.41, 5.74) is 1.63. The van der Waals surface area contributed by atoms with Crippen molar-refractivity contribution in [3.8, 4) is 0 Å². The van der Waals surface area contributed by atoms with Crippen LogP contribution in [0.5, 0.6) is 0 Å². The van der Waals surface area contributed by atoms with E-state index in [1.165, 1.54) is 6.07 Å². The van der Waals surface area contributed by atoms with Crippen molar-refractivity contribution in [3.05, 3.63) is 29.6 Å². The topological polar surface area (TPSA) is 35.5 Å². The van der Waals surface area contributed by atoms with Crippen LogP contribution in [-0.2, 0) is 6.54 Å². The highest BCUT2D eigenvalue weighted by Crippen LogP contribution is 2.33. The molecule has 1 aromatic rings. The van der Waals surface area contributed by atoms with Gasteiger partial charge in [0.1, 0.15) is 5.82 Å². The molecule has 1 aromatic carbocycles. The molecule has 2 rings (SSSR count). The summed E-state index contributed by atoms with van der Waals surface area (Å²) in [4.78, 5) is 2.03. The lowest BCUT2D eigenvalue weighted by molar-refractivity contribution is 0.244. The maximum atomic E-state index is 14.2. The Bertz CT molecular complexity index is 425. The van der Waals surface area contributed by atoms with Crippen molar-refractivity contribution < 1.29 is 9.50 Å². The summed E-state index contributed by atoms with van der Waals surface area (Å²) in [6, 6.07) is 5.23. The molecule has 1 aliphatic heterocycles. The smallest absolute Gasteiger partial charge is 0.146 e. The minimum Gasteiger partial charge on any atom is -0.394 e. The molecule has 1 aliphatic rings. The Morgan fingerprint density at radius 2 is 2.26 bits per heavy atom. The normalized spacial score (nSPS) is 23.1. The summed E-state index contributed by atoms with van der Waals surface area (Å²) >= 11 is 0. The van der Waals surface area contributed by atoms with E-state index in [4.69, 9.17) is 0 Å². The van der Waals surface area contributed by atoms with E-state index in [1.54, 1.807) is 6.07 Å². The van der Waals surface area contributed by atoms with Crippen LogP contribution >= 0.6 is 0 Å². The first-order valence-corrected chi connectivity index (χ1v) is 7.04. The third-order valence-electron chi connectivity index (χ3n) is 3.99. The van der Waals surface area contributed by atoms with E-state index in [9.17, 15) is 9.50 Å². The molecule has 0 bridgehead atoms. The lowest BCUT2D eigenvalue weighted by Crippen LogP contribution is -2.36. The molecule has 0 aliphatic carbocycles.